The molecule has 6 heteroatoms. The quantitative estimate of drug-likeness (QED) is 0.919. The minimum Gasteiger partial charge on any atom is -0.497 e. The Bertz CT molecular complexity index is 741. The molecule has 0 bridgehead atoms. The zero-order valence-corrected chi connectivity index (χ0v) is 12.6. The van der Waals surface area contributed by atoms with E-state index in [2.05, 4.69) is 5.10 Å². The summed E-state index contributed by atoms with van der Waals surface area (Å²) >= 11 is 0. The third-order valence-corrected chi connectivity index (χ3v) is 3.51. The second-order valence-electron chi connectivity index (χ2n) is 5.01. The molecule has 0 unspecified atom stereocenters. The number of nitrogens with zero attached hydrogens (tertiary/aromatic N) is 2. The highest BCUT2D eigenvalue weighted by atomic mass is 16.5. The molecule has 0 radical (unpaired) electrons. The Labute approximate surface area is 133 Å². The highest BCUT2D eigenvalue weighted by Gasteiger charge is 2.21. The van der Waals surface area contributed by atoms with E-state index in [9.17, 15) is 9.90 Å². The van der Waals surface area contributed by atoms with Crippen LogP contribution in [0.2, 0.25) is 0 Å². The Morgan fingerprint density at radius 3 is 2.70 bits per heavy atom. The molecule has 0 amide bonds. The van der Waals surface area contributed by atoms with Crippen LogP contribution in [0.5, 0.6) is 5.75 Å². The average molecular weight is 312 g/mol. The molecule has 0 spiro atoms. The van der Waals surface area contributed by atoms with Gasteiger partial charge in [0, 0.05) is 0 Å². The number of carboxylic acids is 1. The number of rotatable bonds is 5. The van der Waals surface area contributed by atoms with Gasteiger partial charge in [0.25, 0.3) is 0 Å². The van der Waals surface area contributed by atoms with Crippen LogP contribution in [0.25, 0.3) is 0 Å². The lowest BCUT2D eigenvalue weighted by Gasteiger charge is -2.13. The van der Waals surface area contributed by atoms with Crippen molar-refractivity contribution in [1.29, 1.82) is 0 Å². The lowest BCUT2D eigenvalue weighted by Crippen LogP contribution is -2.16. The Kier molecular flexibility index (Phi) is 4.14. The number of anilines is 1. The molecule has 6 nitrogen and oxygen atoms in total. The molecule has 0 atom stereocenters. The van der Waals surface area contributed by atoms with E-state index in [0.29, 0.717) is 18.0 Å². The summed E-state index contributed by atoms with van der Waals surface area (Å²) in [5.74, 6) is 0.356. The number of carboxylic acid groups (broad SMARTS) is 1. The fraction of sp³-hybridized carbons (Fsp3) is 0.176. The fourth-order valence-electron chi connectivity index (χ4n) is 2.34. The molecular formula is C17H16N2O4. The fourth-order valence-corrected chi connectivity index (χ4v) is 2.34. The first-order chi connectivity index (χ1) is 11.2. The van der Waals surface area contributed by atoms with Crippen LogP contribution in [-0.4, -0.2) is 30.8 Å². The maximum absolute atomic E-state index is 11.3. The van der Waals surface area contributed by atoms with Gasteiger partial charge >= 0.3 is 5.97 Å². The van der Waals surface area contributed by atoms with E-state index in [4.69, 9.17) is 9.47 Å². The van der Waals surface area contributed by atoms with E-state index >= 15 is 0 Å². The van der Waals surface area contributed by atoms with Crippen LogP contribution in [0.15, 0.2) is 53.6 Å². The molecule has 0 aromatic heterocycles. The third kappa shape index (κ3) is 3.26. The summed E-state index contributed by atoms with van der Waals surface area (Å²) in [4.78, 5) is 11.3. The van der Waals surface area contributed by atoms with Gasteiger partial charge in [0.2, 0.25) is 5.90 Å². The molecule has 2 aromatic carbocycles. The van der Waals surface area contributed by atoms with Crippen molar-refractivity contribution in [3.05, 3.63) is 59.7 Å². The standard InChI is InChI=1S/C17H16N2O4/c1-22-13-8-6-12(7-9-13)10-16-18-19(11-23-16)15-5-3-2-4-14(15)17(20)21/h2-9H,10-11H2,1H3,(H,20,21). The van der Waals surface area contributed by atoms with Gasteiger partial charge in [-0.2, -0.15) is 0 Å². The number of hydrogen-bond acceptors (Lipinski definition) is 5. The number of carbonyl (C=O) groups is 1. The first-order valence-corrected chi connectivity index (χ1v) is 7.10. The molecule has 3 rings (SSSR count). The molecule has 0 aliphatic carbocycles. The number of methoxy groups -OCH3 is 1. The van der Waals surface area contributed by atoms with Crippen LogP contribution >= 0.6 is 0 Å². The van der Waals surface area contributed by atoms with Crippen molar-refractivity contribution in [3.63, 3.8) is 0 Å². The Balaban J connectivity index is 1.77. The normalized spacial score (nSPS) is 13.4. The zero-order valence-electron chi connectivity index (χ0n) is 12.6. The largest absolute Gasteiger partial charge is 0.497 e. The molecule has 118 valence electrons. The SMILES string of the molecule is COc1ccc(CC2=NN(c3ccccc3C(=O)O)CO2)cc1. The van der Waals surface area contributed by atoms with Gasteiger partial charge in [-0.3, -0.25) is 0 Å². The second kappa shape index (κ2) is 6.39. The summed E-state index contributed by atoms with van der Waals surface area (Å²) in [5.41, 5.74) is 1.76. The minimum atomic E-state index is -0.987. The molecule has 1 N–H and O–H groups in total. The van der Waals surface area contributed by atoms with Crippen molar-refractivity contribution < 1.29 is 19.4 Å². The summed E-state index contributed by atoms with van der Waals surface area (Å²) in [5, 5.41) is 15.2. The average Bonchev–Trinajstić information content (AvgIpc) is 3.04. The predicted octanol–water partition coefficient (Wildman–Crippen LogP) is 2.74. The molecule has 1 aliphatic heterocycles. The second-order valence-corrected chi connectivity index (χ2v) is 5.01. The van der Waals surface area contributed by atoms with Crippen molar-refractivity contribution in [2.24, 2.45) is 5.10 Å². The number of para-hydroxylation sites is 1. The lowest BCUT2D eigenvalue weighted by atomic mass is 10.1. The van der Waals surface area contributed by atoms with Crippen molar-refractivity contribution in [2.75, 3.05) is 18.8 Å². The van der Waals surface area contributed by atoms with Crippen molar-refractivity contribution in [1.82, 2.24) is 0 Å². The van der Waals surface area contributed by atoms with Crippen molar-refractivity contribution in [2.45, 2.75) is 6.42 Å². The van der Waals surface area contributed by atoms with E-state index in [1.165, 1.54) is 0 Å². The maximum atomic E-state index is 11.3. The maximum Gasteiger partial charge on any atom is 0.337 e. The molecule has 2 aromatic rings. The summed E-state index contributed by atoms with van der Waals surface area (Å²) < 4.78 is 10.7. The van der Waals surface area contributed by atoms with Crippen LogP contribution in [0.1, 0.15) is 15.9 Å². The number of hydrazone groups is 1. The summed E-state index contributed by atoms with van der Waals surface area (Å²) in [7, 11) is 1.62. The zero-order chi connectivity index (χ0) is 16.2. The molecule has 1 aliphatic rings. The van der Waals surface area contributed by atoms with Gasteiger partial charge in [-0.15, -0.1) is 5.10 Å². The predicted molar refractivity (Wildman–Crippen MR) is 86.0 cm³/mol. The van der Waals surface area contributed by atoms with E-state index in [0.717, 1.165) is 11.3 Å². The minimum absolute atomic E-state index is 0.200. The van der Waals surface area contributed by atoms with Gasteiger partial charge in [-0.1, -0.05) is 24.3 Å². The van der Waals surface area contributed by atoms with Crippen LogP contribution in [0, 0.1) is 0 Å². The Hall–Kier alpha value is -3.02. The first-order valence-electron chi connectivity index (χ1n) is 7.10. The van der Waals surface area contributed by atoms with Gasteiger partial charge in [-0.05, 0) is 29.8 Å². The monoisotopic (exact) mass is 312 g/mol. The number of aromatic carboxylic acids is 1. The summed E-state index contributed by atoms with van der Waals surface area (Å²) in [6.45, 7) is 0.204. The van der Waals surface area contributed by atoms with Crippen molar-refractivity contribution in [3.8, 4) is 5.75 Å². The van der Waals surface area contributed by atoms with E-state index in [1.54, 1.807) is 36.4 Å². The van der Waals surface area contributed by atoms with E-state index in [-0.39, 0.29) is 12.3 Å². The molecule has 0 saturated carbocycles. The Morgan fingerprint density at radius 2 is 2.00 bits per heavy atom. The molecule has 0 saturated heterocycles. The van der Waals surface area contributed by atoms with Crippen LogP contribution in [-0.2, 0) is 11.2 Å². The van der Waals surface area contributed by atoms with Crippen molar-refractivity contribution >= 4 is 17.6 Å². The highest BCUT2D eigenvalue weighted by Crippen LogP contribution is 2.24. The molecule has 1 heterocycles. The van der Waals surface area contributed by atoms with Gasteiger partial charge in [-0.25, -0.2) is 9.80 Å². The highest BCUT2D eigenvalue weighted by molar-refractivity contribution is 5.95. The van der Waals surface area contributed by atoms with Gasteiger partial charge in [0.05, 0.1) is 24.8 Å². The number of benzene rings is 2. The van der Waals surface area contributed by atoms with Gasteiger partial charge in [0.15, 0.2) is 6.73 Å². The molecule has 23 heavy (non-hydrogen) atoms. The smallest absolute Gasteiger partial charge is 0.337 e. The third-order valence-electron chi connectivity index (χ3n) is 3.51. The molecule has 0 fully saturated rings. The summed E-state index contributed by atoms with van der Waals surface area (Å²) in [6, 6.07) is 14.4. The number of ether oxygens (including phenoxy) is 2. The summed E-state index contributed by atoms with van der Waals surface area (Å²) in [6.07, 6.45) is 0.537. The van der Waals surface area contributed by atoms with Crippen LogP contribution < -0.4 is 9.75 Å². The Morgan fingerprint density at radius 1 is 1.26 bits per heavy atom. The van der Waals surface area contributed by atoms with Crippen LogP contribution in [0.3, 0.4) is 0 Å². The molecular weight excluding hydrogens is 296 g/mol. The van der Waals surface area contributed by atoms with Gasteiger partial charge in [0.1, 0.15) is 5.75 Å². The number of hydrogen-bond donors (Lipinski definition) is 1. The first kappa shape index (κ1) is 14.9. The van der Waals surface area contributed by atoms with Crippen LogP contribution in [0.4, 0.5) is 5.69 Å². The van der Waals surface area contributed by atoms with E-state index in [1.807, 2.05) is 24.3 Å². The lowest BCUT2D eigenvalue weighted by molar-refractivity contribution is 0.0697. The topological polar surface area (TPSA) is 71.4 Å². The van der Waals surface area contributed by atoms with Gasteiger partial charge < -0.3 is 14.6 Å². The van der Waals surface area contributed by atoms with E-state index < -0.39 is 5.97 Å².